The molecule has 8 heteroatoms. The fourth-order valence-electron chi connectivity index (χ4n) is 6.74. The molecule has 1 aliphatic carbocycles. The summed E-state index contributed by atoms with van der Waals surface area (Å²) in [5.41, 5.74) is 3.79. The van der Waals surface area contributed by atoms with Crippen LogP contribution in [-0.4, -0.2) is 52.3 Å². The van der Waals surface area contributed by atoms with Crippen LogP contribution in [0.2, 0.25) is 0 Å². The van der Waals surface area contributed by atoms with E-state index in [0.29, 0.717) is 70.2 Å². The zero-order valence-electron chi connectivity index (χ0n) is 25.3. The molecular weight excluding hydrogens is 532 g/mol. The first-order valence-electron chi connectivity index (χ1n) is 14.3. The highest BCUT2D eigenvalue weighted by Gasteiger charge is 2.53. The number of aromatic carboxylic acids is 1. The molecule has 220 valence electrons. The molecule has 3 heterocycles. The molecule has 1 N–H and O–H groups in total. The number of aromatic nitrogens is 1. The van der Waals surface area contributed by atoms with E-state index in [4.69, 9.17) is 9.47 Å². The fraction of sp³-hybridized carbons (Fsp3) is 0.412. The van der Waals surface area contributed by atoms with E-state index in [1.165, 1.54) is 0 Å². The molecule has 2 aromatic rings. The minimum atomic E-state index is -1.11. The van der Waals surface area contributed by atoms with Crippen LogP contribution in [0.25, 0.3) is 11.3 Å². The van der Waals surface area contributed by atoms with Crippen molar-refractivity contribution >= 4 is 17.7 Å². The zero-order valence-corrected chi connectivity index (χ0v) is 25.3. The first-order valence-corrected chi connectivity index (χ1v) is 14.3. The number of nitrogens with zero attached hydrogens (tertiary/aromatic N) is 2. The molecule has 1 amide bonds. The number of Topliss-reactive ketones (excluding diaryl/α,β-unsaturated/α-hetero) is 1. The number of amides is 1. The molecule has 5 rings (SSSR count). The van der Waals surface area contributed by atoms with Crippen molar-refractivity contribution in [2.75, 3.05) is 13.7 Å². The molecule has 1 aromatic carbocycles. The first kappa shape index (κ1) is 29.3. The molecule has 0 bridgehead atoms. The Bertz CT molecular complexity index is 1600. The number of hydrogen-bond donors (Lipinski definition) is 1. The third-order valence-electron chi connectivity index (χ3n) is 8.57. The number of rotatable bonds is 7. The Morgan fingerprint density at radius 2 is 1.90 bits per heavy atom. The lowest BCUT2D eigenvalue weighted by Crippen LogP contribution is -2.39. The minimum absolute atomic E-state index is 0.0270. The number of ketones is 1. The molecule has 8 nitrogen and oxygen atoms in total. The number of carboxylic acid groups (broad SMARTS) is 1. The van der Waals surface area contributed by atoms with E-state index >= 15 is 0 Å². The Hall–Kier alpha value is -4.20. The van der Waals surface area contributed by atoms with Crippen LogP contribution in [0.1, 0.15) is 73.6 Å². The van der Waals surface area contributed by atoms with Crippen LogP contribution >= 0.6 is 0 Å². The zero-order chi connectivity index (χ0) is 30.7. The van der Waals surface area contributed by atoms with Crippen LogP contribution in [-0.2, 0) is 14.3 Å². The third-order valence-corrected chi connectivity index (χ3v) is 8.57. The number of methoxy groups -OCH3 is 1. The van der Waals surface area contributed by atoms with Crippen molar-refractivity contribution in [2.45, 2.75) is 66.3 Å². The van der Waals surface area contributed by atoms with Crippen molar-refractivity contribution in [3.8, 4) is 17.0 Å². The number of pyridine rings is 1. The third kappa shape index (κ3) is 4.63. The van der Waals surface area contributed by atoms with Gasteiger partial charge in [0.15, 0.2) is 11.5 Å². The van der Waals surface area contributed by atoms with Gasteiger partial charge in [0.25, 0.3) is 5.91 Å². The number of carbonyl (C=O) groups excluding carboxylic acids is 2. The van der Waals surface area contributed by atoms with Gasteiger partial charge in [-0.05, 0) is 54.5 Å². The highest BCUT2D eigenvalue weighted by molar-refractivity contribution is 6.07. The largest absolute Gasteiger partial charge is 0.496 e. The molecule has 0 fully saturated rings. The Balaban J connectivity index is 1.81. The Kier molecular flexibility index (Phi) is 7.37. The Labute approximate surface area is 246 Å². The summed E-state index contributed by atoms with van der Waals surface area (Å²) in [4.78, 5) is 46.3. The maximum atomic E-state index is 14.2. The van der Waals surface area contributed by atoms with Crippen molar-refractivity contribution in [3.63, 3.8) is 0 Å². The summed E-state index contributed by atoms with van der Waals surface area (Å²) in [6.45, 7) is 16.0. The molecule has 0 saturated heterocycles. The number of allylic oxidation sites excluding steroid dienone is 2. The maximum Gasteiger partial charge on any atom is 0.354 e. The molecule has 0 saturated carbocycles. The van der Waals surface area contributed by atoms with Gasteiger partial charge in [-0.15, -0.1) is 6.58 Å². The van der Waals surface area contributed by atoms with Gasteiger partial charge in [0.1, 0.15) is 17.3 Å². The van der Waals surface area contributed by atoms with Gasteiger partial charge in [-0.2, -0.15) is 0 Å². The van der Waals surface area contributed by atoms with Crippen LogP contribution in [0.5, 0.6) is 5.75 Å². The Morgan fingerprint density at radius 3 is 2.52 bits per heavy atom. The van der Waals surface area contributed by atoms with Gasteiger partial charge in [0.2, 0.25) is 0 Å². The summed E-state index contributed by atoms with van der Waals surface area (Å²) in [6, 6.07) is 6.85. The van der Waals surface area contributed by atoms with E-state index in [9.17, 15) is 19.5 Å². The minimum Gasteiger partial charge on any atom is -0.496 e. The summed E-state index contributed by atoms with van der Waals surface area (Å²) >= 11 is 0. The molecule has 0 radical (unpaired) electrons. The number of carboxylic acids is 1. The second-order valence-corrected chi connectivity index (χ2v) is 12.5. The van der Waals surface area contributed by atoms with Gasteiger partial charge in [-0.1, -0.05) is 39.8 Å². The lowest BCUT2D eigenvalue weighted by atomic mass is 9.68. The monoisotopic (exact) mass is 570 g/mol. The van der Waals surface area contributed by atoms with E-state index in [1.54, 1.807) is 43.2 Å². The molecule has 1 aromatic heterocycles. The topological polar surface area (TPSA) is 106 Å². The second-order valence-electron chi connectivity index (χ2n) is 12.5. The van der Waals surface area contributed by atoms with Crippen molar-refractivity contribution in [1.29, 1.82) is 0 Å². The molecule has 0 spiro atoms. The molecule has 2 aliphatic heterocycles. The Morgan fingerprint density at radius 1 is 1.19 bits per heavy atom. The predicted molar refractivity (Wildman–Crippen MR) is 159 cm³/mol. The van der Waals surface area contributed by atoms with E-state index in [2.05, 4.69) is 39.3 Å². The average molecular weight is 571 g/mol. The van der Waals surface area contributed by atoms with Gasteiger partial charge in [-0.3, -0.25) is 9.59 Å². The average Bonchev–Trinajstić information content (AvgIpc) is 3.18. The van der Waals surface area contributed by atoms with Crippen LogP contribution in [0.4, 0.5) is 0 Å². The summed E-state index contributed by atoms with van der Waals surface area (Å²) in [6.07, 6.45) is 2.59. The number of aryl methyl sites for hydroxylation is 1. The molecule has 42 heavy (non-hydrogen) atoms. The highest BCUT2D eigenvalue weighted by atomic mass is 16.5. The normalized spacial score (nSPS) is 21.4. The van der Waals surface area contributed by atoms with Crippen molar-refractivity contribution in [3.05, 3.63) is 82.0 Å². The smallest absolute Gasteiger partial charge is 0.354 e. The quantitative estimate of drug-likeness (QED) is 0.399. The van der Waals surface area contributed by atoms with Gasteiger partial charge in [0.05, 0.1) is 30.3 Å². The number of benzene rings is 1. The lowest BCUT2D eigenvalue weighted by molar-refractivity contribution is -0.127. The van der Waals surface area contributed by atoms with E-state index in [0.717, 1.165) is 5.56 Å². The van der Waals surface area contributed by atoms with Gasteiger partial charge >= 0.3 is 5.97 Å². The molecule has 3 aliphatic rings. The number of ether oxygens (including phenoxy) is 2. The van der Waals surface area contributed by atoms with Crippen LogP contribution in [0.15, 0.2) is 59.6 Å². The SMILES string of the molecule is C=CCN1C(=O)C2=C(OC3=C(C(=O)CC(C)(C)C3)[C@@H]2c2c(OC)ccc(-c3ccc(C)c(C(=O)O)n3)c2C)[C@H]1C(C)C. The van der Waals surface area contributed by atoms with Crippen LogP contribution in [0.3, 0.4) is 0 Å². The number of carbonyl (C=O) groups is 3. The predicted octanol–water partition coefficient (Wildman–Crippen LogP) is 6.14. The molecular formula is C34H38N2O6. The van der Waals surface area contributed by atoms with E-state index in [1.807, 2.05) is 13.0 Å². The maximum absolute atomic E-state index is 14.2. The summed E-state index contributed by atoms with van der Waals surface area (Å²) in [5, 5.41) is 9.72. The van der Waals surface area contributed by atoms with Crippen LogP contribution < -0.4 is 4.74 Å². The van der Waals surface area contributed by atoms with Crippen LogP contribution in [0, 0.1) is 25.2 Å². The summed E-state index contributed by atoms with van der Waals surface area (Å²) in [7, 11) is 1.57. The van der Waals surface area contributed by atoms with E-state index in [-0.39, 0.29) is 34.8 Å². The van der Waals surface area contributed by atoms with Crippen molar-refractivity contribution < 1.29 is 29.0 Å². The summed E-state index contributed by atoms with van der Waals surface area (Å²) in [5.74, 6) is -0.294. The second kappa shape index (κ2) is 10.6. The fourth-order valence-corrected chi connectivity index (χ4v) is 6.74. The standard InChI is InChI=1S/C34H38N2O6/c1-9-14-36-30(17(2)3)31-28(32(36)38)27(26-22(37)15-34(6,7)16-24(26)42-31)25-19(5)20(11-13-23(25)41-8)21-12-10-18(4)29(35-21)33(39)40/h9-13,17,27,30H,1,14-16H2,2-8H3,(H,39,40)/t27-,30+/m0/s1. The van der Waals surface area contributed by atoms with Gasteiger partial charge < -0.3 is 19.5 Å². The molecule has 2 atom stereocenters. The lowest BCUT2D eigenvalue weighted by Gasteiger charge is -2.39. The summed E-state index contributed by atoms with van der Waals surface area (Å²) < 4.78 is 12.5. The number of hydrogen-bond acceptors (Lipinski definition) is 6. The highest BCUT2D eigenvalue weighted by Crippen LogP contribution is 2.55. The van der Waals surface area contributed by atoms with Gasteiger partial charge in [-0.25, -0.2) is 9.78 Å². The van der Waals surface area contributed by atoms with Gasteiger partial charge in [0, 0.05) is 36.1 Å². The first-order chi connectivity index (χ1) is 19.8. The van der Waals surface area contributed by atoms with Crippen molar-refractivity contribution in [1.82, 2.24) is 9.88 Å². The molecule has 0 unspecified atom stereocenters. The van der Waals surface area contributed by atoms with Crippen molar-refractivity contribution in [2.24, 2.45) is 11.3 Å². The van der Waals surface area contributed by atoms with E-state index < -0.39 is 11.9 Å².